The number of carbonyl (C=O) groups excluding carboxylic acids is 5. The molecule has 0 aliphatic carbocycles. The Labute approximate surface area is 225 Å². The Morgan fingerprint density at radius 1 is 0.821 bits per heavy atom. The van der Waals surface area contributed by atoms with Crippen LogP contribution in [-0.2, 0) is 14.3 Å². The fourth-order valence-corrected chi connectivity index (χ4v) is 4.11. The van der Waals surface area contributed by atoms with Crippen LogP contribution >= 0.6 is 0 Å². The van der Waals surface area contributed by atoms with Crippen LogP contribution in [0.25, 0.3) is 0 Å². The van der Waals surface area contributed by atoms with Crippen LogP contribution in [0.15, 0.2) is 72.8 Å². The van der Waals surface area contributed by atoms with Crippen LogP contribution in [0.5, 0.6) is 0 Å². The molecule has 0 fully saturated rings. The molecular weight excluding hydrogens is 500 g/mol. The average molecular weight is 529 g/mol. The van der Waals surface area contributed by atoms with Crippen molar-refractivity contribution in [2.24, 2.45) is 0 Å². The first-order valence-corrected chi connectivity index (χ1v) is 12.6. The summed E-state index contributed by atoms with van der Waals surface area (Å²) in [5.74, 6) is -2.78. The molecular formula is C30H28N2O7. The van der Waals surface area contributed by atoms with E-state index in [2.05, 4.69) is 5.32 Å². The number of esters is 2. The van der Waals surface area contributed by atoms with Crippen molar-refractivity contribution in [2.75, 3.05) is 18.5 Å². The number of rotatable bonds is 10. The Morgan fingerprint density at radius 2 is 1.46 bits per heavy atom. The quantitative estimate of drug-likeness (QED) is 0.228. The summed E-state index contributed by atoms with van der Waals surface area (Å²) in [4.78, 5) is 64.0. The second-order valence-electron chi connectivity index (χ2n) is 9.02. The van der Waals surface area contributed by atoms with Gasteiger partial charge < -0.3 is 14.8 Å². The van der Waals surface area contributed by atoms with Crippen molar-refractivity contribution in [3.8, 4) is 0 Å². The van der Waals surface area contributed by atoms with E-state index in [0.717, 1.165) is 18.4 Å². The third-order valence-electron chi connectivity index (χ3n) is 6.29. The normalized spacial score (nSPS) is 13.0. The topological polar surface area (TPSA) is 119 Å². The van der Waals surface area contributed by atoms with Crippen molar-refractivity contribution in [3.05, 3.63) is 101 Å². The Kier molecular flexibility index (Phi) is 8.50. The van der Waals surface area contributed by atoms with E-state index in [1.807, 2.05) is 37.3 Å². The van der Waals surface area contributed by atoms with Gasteiger partial charge in [-0.05, 0) is 61.4 Å². The van der Waals surface area contributed by atoms with Gasteiger partial charge in [0.1, 0.15) is 0 Å². The largest absolute Gasteiger partial charge is 0.462 e. The van der Waals surface area contributed by atoms with E-state index < -0.39 is 42.3 Å². The molecule has 0 saturated carbocycles. The van der Waals surface area contributed by atoms with E-state index in [9.17, 15) is 24.0 Å². The zero-order valence-electron chi connectivity index (χ0n) is 21.6. The van der Waals surface area contributed by atoms with E-state index in [0.29, 0.717) is 17.9 Å². The van der Waals surface area contributed by atoms with Crippen LogP contribution in [0, 0.1) is 0 Å². The van der Waals surface area contributed by atoms with Gasteiger partial charge in [-0.15, -0.1) is 0 Å². The number of imide groups is 1. The molecule has 0 radical (unpaired) electrons. The third-order valence-corrected chi connectivity index (χ3v) is 6.29. The van der Waals surface area contributed by atoms with Gasteiger partial charge >= 0.3 is 11.9 Å². The Hall–Kier alpha value is -4.79. The first kappa shape index (κ1) is 27.3. The number of hydrogen-bond acceptors (Lipinski definition) is 7. The summed E-state index contributed by atoms with van der Waals surface area (Å²) in [5.41, 5.74) is 1.93. The number of unbranched alkanes of at least 4 members (excludes halogenated alkanes) is 1. The number of carbonyl (C=O) groups is 5. The maximum absolute atomic E-state index is 13.1. The number of hydrogen-bond donors (Lipinski definition) is 1. The minimum atomic E-state index is -0.812. The molecule has 0 spiro atoms. The maximum Gasteiger partial charge on any atom is 0.338 e. The molecule has 9 nitrogen and oxygen atoms in total. The molecule has 0 saturated heterocycles. The first-order chi connectivity index (χ1) is 18.8. The number of fused-ring (bicyclic) bond motifs is 1. The highest BCUT2D eigenvalue weighted by Crippen LogP contribution is 2.31. The third kappa shape index (κ3) is 6.20. The van der Waals surface area contributed by atoms with Gasteiger partial charge in [0.25, 0.3) is 17.7 Å². The maximum atomic E-state index is 13.1. The van der Waals surface area contributed by atoms with E-state index in [-0.39, 0.29) is 16.7 Å². The highest BCUT2D eigenvalue weighted by molar-refractivity contribution is 6.22. The number of nitrogens with zero attached hydrogens (tertiary/aromatic N) is 1. The molecule has 3 aromatic rings. The summed E-state index contributed by atoms with van der Waals surface area (Å²) >= 11 is 0. The molecule has 0 aromatic heterocycles. The first-order valence-electron chi connectivity index (χ1n) is 12.6. The number of nitrogens with one attached hydrogen (secondary N) is 1. The SMILES string of the molecule is CCCCOC(=O)c1ccc(NC(=O)COC(=O)c2ccc3c(c2)C(=O)N([C@@H](C)c2ccccc2)C3=O)cc1. The van der Waals surface area contributed by atoms with E-state index in [1.165, 1.54) is 35.2 Å². The highest BCUT2D eigenvalue weighted by atomic mass is 16.5. The number of anilines is 1. The lowest BCUT2D eigenvalue weighted by atomic mass is 10.1. The predicted octanol–water partition coefficient (Wildman–Crippen LogP) is 4.80. The smallest absolute Gasteiger partial charge is 0.338 e. The predicted molar refractivity (Wildman–Crippen MR) is 142 cm³/mol. The van der Waals surface area contributed by atoms with Crippen LogP contribution in [0.1, 0.15) is 79.7 Å². The van der Waals surface area contributed by atoms with Crippen LogP contribution < -0.4 is 5.32 Å². The Morgan fingerprint density at radius 3 is 2.15 bits per heavy atom. The van der Waals surface area contributed by atoms with Gasteiger partial charge in [-0.1, -0.05) is 43.7 Å². The fourth-order valence-electron chi connectivity index (χ4n) is 4.11. The highest BCUT2D eigenvalue weighted by Gasteiger charge is 2.39. The molecule has 200 valence electrons. The van der Waals surface area contributed by atoms with Crippen molar-refractivity contribution >= 4 is 35.3 Å². The van der Waals surface area contributed by atoms with Gasteiger partial charge in [0.15, 0.2) is 6.61 Å². The van der Waals surface area contributed by atoms with Gasteiger partial charge in [-0.25, -0.2) is 9.59 Å². The van der Waals surface area contributed by atoms with Gasteiger partial charge in [-0.3, -0.25) is 19.3 Å². The molecule has 1 N–H and O–H groups in total. The molecule has 3 aromatic carbocycles. The average Bonchev–Trinajstić information content (AvgIpc) is 3.21. The summed E-state index contributed by atoms with van der Waals surface area (Å²) < 4.78 is 10.3. The van der Waals surface area contributed by atoms with E-state index in [1.54, 1.807) is 19.1 Å². The number of ether oxygens (including phenoxy) is 2. The van der Waals surface area contributed by atoms with Gasteiger partial charge in [0.2, 0.25) is 0 Å². The lowest BCUT2D eigenvalue weighted by Gasteiger charge is -2.22. The summed E-state index contributed by atoms with van der Waals surface area (Å²) in [6.07, 6.45) is 1.70. The molecule has 39 heavy (non-hydrogen) atoms. The van der Waals surface area contributed by atoms with Crippen LogP contribution in [0.2, 0.25) is 0 Å². The molecule has 1 aliphatic rings. The summed E-state index contributed by atoms with van der Waals surface area (Å²) in [6, 6.07) is 18.9. The van der Waals surface area contributed by atoms with E-state index >= 15 is 0 Å². The van der Waals surface area contributed by atoms with Crippen LogP contribution in [0.4, 0.5) is 5.69 Å². The molecule has 1 atom stereocenters. The van der Waals surface area contributed by atoms with Gasteiger partial charge in [0.05, 0.1) is 34.9 Å². The minimum Gasteiger partial charge on any atom is -0.462 e. The van der Waals surface area contributed by atoms with Crippen molar-refractivity contribution in [2.45, 2.75) is 32.7 Å². The Balaban J connectivity index is 1.33. The van der Waals surface area contributed by atoms with Gasteiger partial charge in [-0.2, -0.15) is 0 Å². The molecule has 1 aliphatic heterocycles. The molecule has 3 amide bonds. The lowest BCUT2D eigenvalue weighted by Crippen LogP contribution is -2.32. The minimum absolute atomic E-state index is 0.0443. The van der Waals surface area contributed by atoms with Crippen LogP contribution in [0.3, 0.4) is 0 Å². The lowest BCUT2D eigenvalue weighted by molar-refractivity contribution is -0.119. The van der Waals surface area contributed by atoms with Gasteiger partial charge in [0, 0.05) is 5.69 Å². The molecule has 0 bridgehead atoms. The Bertz CT molecular complexity index is 1400. The number of benzene rings is 3. The van der Waals surface area contributed by atoms with Crippen molar-refractivity contribution in [3.63, 3.8) is 0 Å². The second-order valence-corrected chi connectivity index (χ2v) is 9.02. The molecule has 0 unspecified atom stereocenters. The molecule has 9 heteroatoms. The molecule has 4 rings (SSSR count). The van der Waals surface area contributed by atoms with E-state index in [4.69, 9.17) is 9.47 Å². The second kappa shape index (κ2) is 12.2. The summed E-state index contributed by atoms with van der Waals surface area (Å²) in [7, 11) is 0. The number of amides is 3. The molecule has 1 heterocycles. The van der Waals surface area contributed by atoms with Crippen molar-refractivity contribution < 1.29 is 33.4 Å². The van der Waals surface area contributed by atoms with Crippen LogP contribution in [-0.4, -0.2) is 47.8 Å². The summed E-state index contributed by atoms with van der Waals surface area (Å²) in [5, 5.41) is 2.58. The monoisotopic (exact) mass is 528 g/mol. The van der Waals surface area contributed by atoms with Crippen molar-refractivity contribution in [1.82, 2.24) is 4.90 Å². The zero-order valence-corrected chi connectivity index (χ0v) is 21.6. The standard InChI is InChI=1S/C30H28N2O7/c1-3-4-16-38-29(36)21-10-13-23(14-11-21)31-26(33)18-39-30(37)22-12-15-24-25(17-22)28(35)32(27(24)34)19(2)20-8-6-5-7-9-20/h5-15,17,19H,3-4,16,18H2,1-2H3,(H,31,33)/t19-/m0/s1. The zero-order chi connectivity index (χ0) is 27.9. The van der Waals surface area contributed by atoms with Crippen molar-refractivity contribution in [1.29, 1.82) is 0 Å². The summed E-state index contributed by atoms with van der Waals surface area (Å²) in [6.45, 7) is 3.54. The fraction of sp³-hybridized carbons (Fsp3) is 0.233.